The molecule has 0 spiro atoms. The molecular formula is C11H16N2O5S. The van der Waals surface area contributed by atoms with Gasteiger partial charge >= 0.3 is 0 Å². The molecule has 2 N–H and O–H groups in total. The summed E-state index contributed by atoms with van der Waals surface area (Å²) in [5.74, 6) is 0. The van der Waals surface area contributed by atoms with Crippen LogP contribution in [0, 0.1) is 10.1 Å². The Balaban J connectivity index is 3.25. The molecule has 0 aromatic heterocycles. The van der Waals surface area contributed by atoms with E-state index in [1.165, 1.54) is 19.1 Å². The SMILES string of the molecule is CCC(C)(CO)NS(=O)(=O)c1ccccc1[N+](=O)[O-]. The number of hydrogen-bond donors (Lipinski definition) is 2. The molecule has 7 nitrogen and oxygen atoms in total. The van der Waals surface area contributed by atoms with Gasteiger partial charge in [0.05, 0.1) is 17.1 Å². The Kier molecular flexibility index (Phi) is 4.61. The van der Waals surface area contributed by atoms with Crippen LogP contribution >= 0.6 is 0 Å². The van der Waals surface area contributed by atoms with Gasteiger partial charge < -0.3 is 5.11 Å². The van der Waals surface area contributed by atoms with Gasteiger partial charge in [0, 0.05) is 6.07 Å². The number of hydrogen-bond acceptors (Lipinski definition) is 5. The summed E-state index contributed by atoms with van der Waals surface area (Å²) < 4.78 is 26.6. The Hall–Kier alpha value is -1.51. The topological polar surface area (TPSA) is 110 Å². The first-order valence-electron chi connectivity index (χ1n) is 5.64. The van der Waals surface area contributed by atoms with E-state index in [-0.39, 0.29) is 0 Å². The van der Waals surface area contributed by atoms with Crippen molar-refractivity contribution in [2.45, 2.75) is 30.7 Å². The van der Waals surface area contributed by atoms with Gasteiger partial charge in [-0.3, -0.25) is 10.1 Å². The summed E-state index contributed by atoms with van der Waals surface area (Å²) >= 11 is 0. The van der Waals surface area contributed by atoms with Gasteiger partial charge in [0.15, 0.2) is 4.90 Å². The number of aliphatic hydroxyl groups excluding tert-OH is 1. The van der Waals surface area contributed by atoms with E-state index in [4.69, 9.17) is 0 Å². The summed E-state index contributed by atoms with van der Waals surface area (Å²) in [6, 6.07) is 5.08. The van der Waals surface area contributed by atoms with Gasteiger partial charge in [-0.05, 0) is 19.4 Å². The van der Waals surface area contributed by atoms with Crippen molar-refractivity contribution in [2.75, 3.05) is 6.61 Å². The molecule has 1 aromatic carbocycles. The van der Waals surface area contributed by atoms with E-state index in [0.29, 0.717) is 6.42 Å². The monoisotopic (exact) mass is 288 g/mol. The number of benzene rings is 1. The second kappa shape index (κ2) is 5.64. The average molecular weight is 288 g/mol. The first-order chi connectivity index (χ1) is 8.75. The first-order valence-corrected chi connectivity index (χ1v) is 7.12. The number of para-hydroxylation sites is 1. The molecule has 1 unspecified atom stereocenters. The van der Waals surface area contributed by atoms with E-state index in [0.717, 1.165) is 12.1 Å². The van der Waals surface area contributed by atoms with Crippen LogP contribution in [-0.4, -0.2) is 30.6 Å². The standard InChI is InChI=1S/C11H16N2O5S/c1-3-11(2,8-14)12-19(17,18)10-7-5-4-6-9(10)13(15)16/h4-7,12,14H,3,8H2,1-2H3. The summed E-state index contributed by atoms with van der Waals surface area (Å²) in [5.41, 5.74) is -1.55. The summed E-state index contributed by atoms with van der Waals surface area (Å²) in [4.78, 5) is 9.67. The highest BCUT2D eigenvalue weighted by Gasteiger charge is 2.32. The minimum Gasteiger partial charge on any atom is -0.394 e. The predicted molar refractivity (Wildman–Crippen MR) is 69.2 cm³/mol. The van der Waals surface area contributed by atoms with Crippen molar-refractivity contribution >= 4 is 15.7 Å². The Labute approximate surface area is 111 Å². The summed E-state index contributed by atoms with van der Waals surface area (Å²) in [5, 5.41) is 20.1. The number of aliphatic hydroxyl groups is 1. The zero-order valence-corrected chi connectivity index (χ0v) is 11.5. The quantitative estimate of drug-likeness (QED) is 0.600. The molecule has 0 saturated carbocycles. The van der Waals surface area contributed by atoms with E-state index in [1.807, 2.05) is 0 Å². The third-order valence-corrected chi connectivity index (χ3v) is 4.55. The molecule has 1 rings (SSSR count). The van der Waals surface area contributed by atoms with E-state index >= 15 is 0 Å². The Bertz CT molecular complexity index is 566. The molecule has 1 aromatic rings. The van der Waals surface area contributed by atoms with Gasteiger partial charge in [0.1, 0.15) is 0 Å². The van der Waals surface area contributed by atoms with Crippen molar-refractivity contribution in [3.05, 3.63) is 34.4 Å². The number of rotatable bonds is 6. The average Bonchev–Trinajstić information content (AvgIpc) is 2.38. The van der Waals surface area contributed by atoms with Crippen LogP contribution in [0.5, 0.6) is 0 Å². The number of nitrogens with one attached hydrogen (secondary N) is 1. The first kappa shape index (κ1) is 15.5. The van der Waals surface area contributed by atoms with Gasteiger partial charge in [-0.25, -0.2) is 13.1 Å². The van der Waals surface area contributed by atoms with Crippen LogP contribution in [0.4, 0.5) is 5.69 Å². The molecule has 8 heteroatoms. The van der Waals surface area contributed by atoms with Crippen LogP contribution in [-0.2, 0) is 10.0 Å². The number of nitro benzene ring substituents is 1. The molecular weight excluding hydrogens is 272 g/mol. The van der Waals surface area contributed by atoms with Gasteiger partial charge in [-0.15, -0.1) is 0 Å². The Morgan fingerprint density at radius 2 is 2.00 bits per heavy atom. The second-order valence-corrected chi connectivity index (χ2v) is 6.05. The normalized spacial score (nSPS) is 14.9. The number of sulfonamides is 1. The summed E-state index contributed by atoms with van der Waals surface area (Å²) in [7, 11) is -4.07. The fraction of sp³-hybridized carbons (Fsp3) is 0.455. The molecule has 1 atom stereocenters. The van der Waals surface area contributed by atoms with Gasteiger partial charge in [0.25, 0.3) is 5.69 Å². The molecule has 0 amide bonds. The maximum Gasteiger partial charge on any atom is 0.289 e. The van der Waals surface area contributed by atoms with E-state index in [2.05, 4.69) is 4.72 Å². The van der Waals surface area contributed by atoms with Crippen molar-refractivity contribution in [3.63, 3.8) is 0 Å². The zero-order chi connectivity index (χ0) is 14.7. The largest absolute Gasteiger partial charge is 0.394 e. The van der Waals surface area contributed by atoms with Crippen molar-refractivity contribution in [1.82, 2.24) is 4.72 Å². The molecule has 0 fully saturated rings. The zero-order valence-electron chi connectivity index (χ0n) is 10.7. The number of nitrogens with zero attached hydrogens (tertiary/aromatic N) is 1. The molecule has 0 aliphatic carbocycles. The van der Waals surface area contributed by atoms with Crippen LogP contribution in [0.25, 0.3) is 0 Å². The van der Waals surface area contributed by atoms with Crippen LogP contribution < -0.4 is 4.72 Å². The Morgan fingerprint density at radius 1 is 1.42 bits per heavy atom. The van der Waals surface area contributed by atoms with Gasteiger partial charge in [-0.2, -0.15) is 0 Å². The van der Waals surface area contributed by atoms with E-state index in [9.17, 15) is 23.6 Å². The smallest absolute Gasteiger partial charge is 0.289 e. The third kappa shape index (κ3) is 3.49. The Morgan fingerprint density at radius 3 is 2.47 bits per heavy atom. The molecule has 106 valence electrons. The molecule has 0 aliphatic rings. The number of nitro groups is 1. The maximum atomic E-state index is 12.2. The van der Waals surface area contributed by atoms with Crippen molar-refractivity contribution in [2.24, 2.45) is 0 Å². The lowest BCUT2D eigenvalue weighted by Gasteiger charge is -2.26. The minimum atomic E-state index is -4.07. The summed E-state index contributed by atoms with van der Waals surface area (Å²) in [6.07, 6.45) is 0.351. The highest BCUT2D eigenvalue weighted by molar-refractivity contribution is 7.89. The van der Waals surface area contributed by atoms with Crippen LogP contribution in [0.3, 0.4) is 0 Å². The molecule has 0 aliphatic heterocycles. The van der Waals surface area contributed by atoms with Crippen LogP contribution in [0.15, 0.2) is 29.2 Å². The fourth-order valence-electron chi connectivity index (χ4n) is 1.43. The molecule has 0 saturated heterocycles. The molecule has 0 bridgehead atoms. The van der Waals surface area contributed by atoms with Crippen molar-refractivity contribution < 1.29 is 18.4 Å². The lowest BCUT2D eigenvalue weighted by Crippen LogP contribution is -2.48. The van der Waals surface area contributed by atoms with Crippen molar-refractivity contribution in [1.29, 1.82) is 0 Å². The van der Waals surface area contributed by atoms with Gasteiger partial charge in [0.2, 0.25) is 10.0 Å². The summed E-state index contributed by atoms with van der Waals surface area (Å²) in [6.45, 7) is 2.83. The van der Waals surface area contributed by atoms with E-state index in [1.54, 1.807) is 6.92 Å². The highest BCUT2D eigenvalue weighted by atomic mass is 32.2. The van der Waals surface area contributed by atoms with E-state index < -0.39 is 37.7 Å². The highest BCUT2D eigenvalue weighted by Crippen LogP contribution is 2.24. The molecule has 0 radical (unpaired) electrons. The maximum absolute atomic E-state index is 12.2. The lowest BCUT2D eigenvalue weighted by atomic mass is 10.0. The minimum absolute atomic E-state index is 0.351. The van der Waals surface area contributed by atoms with Crippen molar-refractivity contribution in [3.8, 4) is 0 Å². The second-order valence-electron chi connectivity index (χ2n) is 4.40. The lowest BCUT2D eigenvalue weighted by molar-refractivity contribution is -0.387. The fourth-order valence-corrected chi connectivity index (χ4v) is 3.07. The van der Waals surface area contributed by atoms with Crippen LogP contribution in [0.1, 0.15) is 20.3 Å². The van der Waals surface area contributed by atoms with Crippen LogP contribution in [0.2, 0.25) is 0 Å². The third-order valence-electron chi connectivity index (χ3n) is 2.86. The molecule has 19 heavy (non-hydrogen) atoms. The van der Waals surface area contributed by atoms with Gasteiger partial charge in [-0.1, -0.05) is 19.1 Å². The molecule has 0 heterocycles. The predicted octanol–water partition coefficient (Wildman–Crippen LogP) is 1.03.